The molecule has 1 atom stereocenters. The van der Waals surface area contributed by atoms with Crippen LogP contribution >= 0.6 is 0 Å². The van der Waals surface area contributed by atoms with Crippen LogP contribution in [-0.2, 0) is 23.1 Å². The quantitative estimate of drug-likeness (QED) is 0.415. The van der Waals surface area contributed by atoms with Crippen molar-refractivity contribution in [3.63, 3.8) is 0 Å². The van der Waals surface area contributed by atoms with Crippen LogP contribution in [0.15, 0.2) is 65.7 Å². The van der Waals surface area contributed by atoms with Gasteiger partial charge in [0.05, 0.1) is 22.8 Å². The summed E-state index contributed by atoms with van der Waals surface area (Å²) in [6.07, 6.45) is 2.89. The van der Waals surface area contributed by atoms with Gasteiger partial charge in [-0.1, -0.05) is 52.0 Å². The Bertz CT molecular complexity index is 1080. The van der Waals surface area contributed by atoms with Gasteiger partial charge in [0.1, 0.15) is 0 Å². The summed E-state index contributed by atoms with van der Waals surface area (Å²) in [6, 6.07) is 16.9. The largest absolute Gasteiger partial charge is 0.273 e. The van der Waals surface area contributed by atoms with Crippen molar-refractivity contribution in [3.8, 4) is 0 Å². The minimum Gasteiger partial charge on any atom is -0.273 e. The van der Waals surface area contributed by atoms with E-state index in [9.17, 15) is 8.42 Å². The number of nitrogens with zero attached hydrogens (tertiary/aromatic N) is 3. The third-order valence-electron chi connectivity index (χ3n) is 5.82. The number of aryl methyl sites for hydroxylation is 1. The van der Waals surface area contributed by atoms with Gasteiger partial charge < -0.3 is 0 Å². The topological polar surface area (TPSA) is 55.2 Å². The molecule has 2 aromatic carbocycles. The molecular formula is C25H33N3O2S. The summed E-state index contributed by atoms with van der Waals surface area (Å²) in [5.41, 5.74) is 3.68. The number of benzene rings is 2. The third-order valence-corrected chi connectivity index (χ3v) is 7.61. The zero-order valence-corrected chi connectivity index (χ0v) is 19.9. The Hall–Kier alpha value is -2.60. The molecule has 0 saturated heterocycles. The van der Waals surface area contributed by atoms with Crippen molar-refractivity contribution in [1.82, 2.24) is 9.78 Å². The maximum Gasteiger partial charge on any atom is 0.264 e. The van der Waals surface area contributed by atoms with Gasteiger partial charge in [-0.15, -0.1) is 0 Å². The smallest absolute Gasteiger partial charge is 0.264 e. The molecule has 0 N–H and O–H groups in total. The molecular weight excluding hydrogens is 406 g/mol. The van der Waals surface area contributed by atoms with E-state index in [-0.39, 0.29) is 6.54 Å². The van der Waals surface area contributed by atoms with E-state index in [1.54, 1.807) is 12.1 Å². The lowest BCUT2D eigenvalue weighted by Gasteiger charge is -2.24. The van der Waals surface area contributed by atoms with Gasteiger partial charge in [-0.05, 0) is 66.6 Å². The molecule has 0 fully saturated rings. The highest BCUT2D eigenvalue weighted by atomic mass is 32.2. The first kappa shape index (κ1) is 23.1. The highest BCUT2D eigenvalue weighted by Gasteiger charge is 2.26. The Morgan fingerprint density at radius 2 is 1.52 bits per heavy atom. The van der Waals surface area contributed by atoms with Gasteiger partial charge in [-0.25, -0.2) is 8.42 Å². The molecule has 0 aliphatic carbocycles. The lowest BCUT2D eigenvalue weighted by atomic mass is 9.99. The molecule has 3 aromatic rings. The van der Waals surface area contributed by atoms with E-state index in [1.807, 2.05) is 60.3 Å². The van der Waals surface area contributed by atoms with Crippen molar-refractivity contribution in [2.45, 2.75) is 70.9 Å². The summed E-state index contributed by atoms with van der Waals surface area (Å²) in [6.45, 7) is 11.5. The van der Waals surface area contributed by atoms with Gasteiger partial charge in [-0.3, -0.25) is 8.99 Å². The zero-order chi connectivity index (χ0) is 22.6. The fourth-order valence-electron chi connectivity index (χ4n) is 3.48. The molecule has 0 saturated carbocycles. The van der Waals surface area contributed by atoms with E-state index >= 15 is 0 Å². The number of hydrogen-bond donors (Lipinski definition) is 0. The first-order chi connectivity index (χ1) is 14.8. The molecule has 0 radical (unpaired) electrons. The summed E-state index contributed by atoms with van der Waals surface area (Å²) in [4.78, 5) is 0.294. The number of hydrogen-bond acceptors (Lipinski definition) is 3. The van der Waals surface area contributed by atoms with Gasteiger partial charge in [0.15, 0.2) is 0 Å². The van der Waals surface area contributed by atoms with Gasteiger partial charge in [0.25, 0.3) is 10.0 Å². The fourth-order valence-corrected chi connectivity index (χ4v) is 4.92. The molecule has 0 aliphatic heterocycles. The van der Waals surface area contributed by atoms with Gasteiger partial charge in [0, 0.05) is 12.7 Å². The van der Waals surface area contributed by atoms with Crippen LogP contribution < -0.4 is 4.31 Å². The molecule has 0 aliphatic rings. The van der Waals surface area contributed by atoms with Crippen molar-refractivity contribution in [2.24, 2.45) is 0 Å². The van der Waals surface area contributed by atoms with Crippen molar-refractivity contribution in [3.05, 3.63) is 77.6 Å². The Labute approximate surface area is 186 Å². The van der Waals surface area contributed by atoms with Crippen LogP contribution in [0.4, 0.5) is 5.69 Å². The number of anilines is 1. The van der Waals surface area contributed by atoms with Gasteiger partial charge >= 0.3 is 0 Å². The van der Waals surface area contributed by atoms with Gasteiger partial charge in [-0.2, -0.15) is 5.10 Å². The molecule has 5 nitrogen and oxygen atoms in total. The average Bonchev–Trinajstić information content (AvgIpc) is 3.25. The molecule has 0 spiro atoms. The summed E-state index contributed by atoms with van der Waals surface area (Å²) < 4.78 is 30.6. The van der Waals surface area contributed by atoms with E-state index in [4.69, 9.17) is 0 Å². The zero-order valence-electron chi connectivity index (χ0n) is 19.1. The molecule has 3 rings (SSSR count). The Balaban J connectivity index is 2.01. The fraction of sp³-hybridized carbons (Fsp3) is 0.400. The minimum atomic E-state index is -3.75. The van der Waals surface area contributed by atoms with Crippen LogP contribution in [-0.4, -0.2) is 18.2 Å². The predicted octanol–water partition coefficient (Wildman–Crippen LogP) is 5.94. The summed E-state index contributed by atoms with van der Waals surface area (Å²) in [7, 11) is -3.75. The predicted molar refractivity (Wildman–Crippen MR) is 127 cm³/mol. The molecule has 1 heterocycles. The van der Waals surface area contributed by atoms with E-state index in [0.29, 0.717) is 22.4 Å². The lowest BCUT2D eigenvalue weighted by Crippen LogP contribution is -2.31. The highest BCUT2D eigenvalue weighted by molar-refractivity contribution is 7.92. The Morgan fingerprint density at radius 1 is 0.903 bits per heavy atom. The monoisotopic (exact) mass is 439 g/mol. The summed E-state index contributed by atoms with van der Waals surface area (Å²) in [5.74, 6) is 0.780. The summed E-state index contributed by atoms with van der Waals surface area (Å²) in [5, 5.41) is 4.51. The van der Waals surface area contributed by atoms with Crippen molar-refractivity contribution < 1.29 is 8.42 Å². The van der Waals surface area contributed by atoms with Crippen LogP contribution in [0.25, 0.3) is 0 Å². The molecule has 0 unspecified atom stereocenters. The Morgan fingerprint density at radius 3 is 2.03 bits per heavy atom. The molecule has 6 heteroatoms. The summed E-state index contributed by atoms with van der Waals surface area (Å²) >= 11 is 0. The maximum absolute atomic E-state index is 13.7. The van der Waals surface area contributed by atoms with Crippen molar-refractivity contribution in [2.75, 3.05) is 4.31 Å². The maximum atomic E-state index is 13.7. The van der Waals surface area contributed by atoms with E-state index in [0.717, 1.165) is 24.2 Å². The molecule has 166 valence electrons. The lowest BCUT2D eigenvalue weighted by molar-refractivity contribution is 0.588. The van der Waals surface area contributed by atoms with E-state index < -0.39 is 10.0 Å². The minimum absolute atomic E-state index is 0.184. The molecule has 0 amide bonds. The van der Waals surface area contributed by atoms with Crippen LogP contribution in [0.3, 0.4) is 0 Å². The Kier molecular flexibility index (Phi) is 7.21. The average molecular weight is 440 g/mol. The SMILES string of the molecule is CC[C@H](C)c1ccc(S(=O)(=O)N(Cc2ccn(CC)n2)c2ccc(C(C)C)cc2)cc1. The van der Waals surface area contributed by atoms with Gasteiger partial charge in [0.2, 0.25) is 0 Å². The van der Waals surface area contributed by atoms with E-state index in [1.165, 1.54) is 9.87 Å². The molecule has 31 heavy (non-hydrogen) atoms. The first-order valence-electron chi connectivity index (χ1n) is 11.0. The molecule has 0 bridgehead atoms. The number of sulfonamides is 1. The second-order valence-corrected chi connectivity index (χ2v) is 10.2. The second kappa shape index (κ2) is 9.69. The second-order valence-electron chi connectivity index (χ2n) is 8.30. The van der Waals surface area contributed by atoms with Crippen molar-refractivity contribution >= 4 is 15.7 Å². The molecule has 1 aromatic heterocycles. The third kappa shape index (κ3) is 5.18. The van der Waals surface area contributed by atoms with Crippen LogP contribution in [0, 0.1) is 0 Å². The first-order valence-corrected chi connectivity index (χ1v) is 12.4. The van der Waals surface area contributed by atoms with Crippen molar-refractivity contribution in [1.29, 1.82) is 0 Å². The standard InChI is InChI=1S/C25H33N3O2S/c1-6-20(5)22-10-14-25(15-11-22)31(29,30)28(18-23-16-17-27(7-2)26-23)24-12-8-21(9-13-24)19(3)4/h8-17,19-20H,6-7,18H2,1-5H3/t20-/m0/s1. The van der Waals surface area contributed by atoms with Crippen LogP contribution in [0.5, 0.6) is 0 Å². The number of rotatable bonds is 9. The normalized spacial score (nSPS) is 12.8. The highest BCUT2D eigenvalue weighted by Crippen LogP contribution is 2.29. The van der Waals surface area contributed by atoms with Crippen LogP contribution in [0.1, 0.15) is 69.7 Å². The van der Waals surface area contributed by atoms with E-state index in [2.05, 4.69) is 32.8 Å². The van der Waals surface area contributed by atoms with Crippen LogP contribution in [0.2, 0.25) is 0 Å². The number of aromatic nitrogens is 2.